The Bertz CT molecular complexity index is 1560. The molecule has 0 saturated heterocycles. The highest BCUT2D eigenvalue weighted by molar-refractivity contribution is 7.90. The Hall–Kier alpha value is -3.52. The van der Waals surface area contributed by atoms with Gasteiger partial charge in [-0.1, -0.05) is 6.92 Å². The molecule has 3 aromatic rings. The number of rotatable bonds is 8. The number of nitrogens with one attached hydrogen (secondary N) is 1. The van der Waals surface area contributed by atoms with Crippen molar-refractivity contribution >= 4 is 38.2 Å². The highest BCUT2D eigenvalue weighted by atomic mass is 32.2. The summed E-state index contributed by atoms with van der Waals surface area (Å²) >= 11 is 0. The number of carbonyl (C=O) groups excluding carboxylic acids is 1. The molecule has 10 nitrogen and oxygen atoms in total. The number of sulfone groups is 1. The van der Waals surface area contributed by atoms with Crippen LogP contribution in [0.4, 0.5) is 24.8 Å². The highest BCUT2D eigenvalue weighted by Crippen LogP contribution is 2.36. The Morgan fingerprint density at radius 2 is 1.82 bits per heavy atom. The molecule has 0 unspecified atom stereocenters. The zero-order valence-corrected chi connectivity index (χ0v) is 23.4. The monoisotopic (exact) mass is 581 g/mol. The molecule has 0 saturated carbocycles. The SMILES string of the molecule is C[C@@H]1OC(=O)c2ccc(Nc3cc4c(C(C)(C)N)cnc(O[C@H](CCS(C)(=O)=O)C(F)(F)F)c4cn3)nc2[C@H]1C. The van der Waals surface area contributed by atoms with E-state index in [1.165, 1.54) is 12.4 Å². The van der Waals surface area contributed by atoms with E-state index in [9.17, 15) is 26.4 Å². The molecule has 1 aliphatic heterocycles. The van der Waals surface area contributed by atoms with Crippen LogP contribution < -0.4 is 15.8 Å². The number of halogens is 3. The Morgan fingerprint density at radius 3 is 2.45 bits per heavy atom. The summed E-state index contributed by atoms with van der Waals surface area (Å²) in [5.41, 5.74) is 6.87. The van der Waals surface area contributed by atoms with Crippen LogP contribution in [0.5, 0.6) is 5.88 Å². The van der Waals surface area contributed by atoms with E-state index < -0.39 is 45.8 Å². The molecule has 3 aromatic heterocycles. The van der Waals surface area contributed by atoms with Gasteiger partial charge >= 0.3 is 12.1 Å². The Kier molecular flexibility index (Phi) is 7.71. The quantitative estimate of drug-likeness (QED) is 0.368. The van der Waals surface area contributed by atoms with Crippen molar-refractivity contribution in [1.82, 2.24) is 15.0 Å². The van der Waals surface area contributed by atoms with Crippen LogP contribution in [0.3, 0.4) is 0 Å². The van der Waals surface area contributed by atoms with Crippen molar-refractivity contribution in [3.8, 4) is 5.88 Å². The van der Waals surface area contributed by atoms with E-state index in [0.29, 0.717) is 33.8 Å². The van der Waals surface area contributed by atoms with E-state index in [0.717, 1.165) is 6.26 Å². The standard InChI is InChI=1S/C26H30F3N5O5S/c1-13-14(2)38-24(35)15-6-7-20(34-22(13)15)33-21-10-16-17(11-31-21)23(32-12-18(16)25(3,4)30)39-19(26(27,28)29)8-9-40(5,36)37/h6-7,10-14,19H,8-9,30H2,1-5H3,(H,31,33,34)/t13-,14-,19+/m0/s1. The fourth-order valence-electron chi connectivity index (χ4n) is 4.28. The first-order valence-electron chi connectivity index (χ1n) is 12.4. The van der Waals surface area contributed by atoms with Crippen molar-refractivity contribution in [2.45, 2.75) is 64.0 Å². The molecule has 14 heteroatoms. The van der Waals surface area contributed by atoms with Crippen LogP contribution in [0.25, 0.3) is 10.8 Å². The Labute approximate surface area is 229 Å². The van der Waals surface area contributed by atoms with Gasteiger partial charge in [0.05, 0.1) is 22.4 Å². The van der Waals surface area contributed by atoms with Gasteiger partial charge in [0.2, 0.25) is 5.88 Å². The maximum absolute atomic E-state index is 13.7. The highest BCUT2D eigenvalue weighted by Gasteiger charge is 2.42. The van der Waals surface area contributed by atoms with Gasteiger partial charge in [-0.15, -0.1) is 0 Å². The van der Waals surface area contributed by atoms with Gasteiger partial charge in [0.1, 0.15) is 27.6 Å². The molecule has 0 aliphatic carbocycles. The molecule has 3 atom stereocenters. The number of pyridine rings is 3. The molecule has 0 spiro atoms. The normalized spacial score (nSPS) is 18.7. The fraction of sp³-hybridized carbons (Fsp3) is 0.462. The zero-order valence-electron chi connectivity index (χ0n) is 22.5. The molecule has 0 radical (unpaired) electrons. The van der Waals surface area contributed by atoms with Gasteiger partial charge in [-0.25, -0.2) is 28.2 Å². The summed E-state index contributed by atoms with van der Waals surface area (Å²) in [5.74, 6) is -0.947. The molecule has 1 aliphatic rings. The van der Waals surface area contributed by atoms with Crippen molar-refractivity contribution in [2.75, 3.05) is 17.3 Å². The predicted molar refractivity (Wildman–Crippen MR) is 142 cm³/mol. The Morgan fingerprint density at radius 1 is 1.12 bits per heavy atom. The van der Waals surface area contributed by atoms with Crippen molar-refractivity contribution in [1.29, 1.82) is 0 Å². The topological polar surface area (TPSA) is 146 Å². The first kappa shape index (κ1) is 29.5. The van der Waals surface area contributed by atoms with Gasteiger partial charge in [0.15, 0.2) is 6.10 Å². The average Bonchev–Trinajstić information content (AvgIpc) is 2.82. The van der Waals surface area contributed by atoms with Gasteiger partial charge in [-0.05, 0) is 49.9 Å². The van der Waals surface area contributed by atoms with Crippen molar-refractivity contribution in [2.24, 2.45) is 5.73 Å². The number of hydrogen-bond acceptors (Lipinski definition) is 10. The summed E-state index contributed by atoms with van der Waals surface area (Å²) in [4.78, 5) is 25.2. The van der Waals surface area contributed by atoms with Crippen molar-refractivity contribution in [3.05, 3.63) is 47.4 Å². The number of fused-ring (bicyclic) bond motifs is 2. The van der Waals surface area contributed by atoms with Gasteiger partial charge in [0, 0.05) is 36.5 Å². The summed E-state index contributed by atoms with van der Waals surface area (Å²) in [7, 11) is -3.66. The van der Waals surface area contributed by atoms with Crippen LogP contribution in [0.2, 0.25) is 0 Å². The minimum atomic E-state index is -4.83. The molecular formula is C26H30F3N5O5S. The summed E-state index contributed by atoms with van der Waals surface area (Å²) in [6.45, 7) is 7.12. The number of alkyl halides is 3. The second-order valence-electron chi connectivity index (χ2n) is 10.5. The van der Waals surface area contributed by atoms with Crippen LogP contribution in [0, 0.1) is 0 Å². The van der Waals surface area contributed by atoms with E-state index in [-0.39, 0.29) is 23.3 Å². The predicted octanol–water partition coefficient (Wildman–Crippen LogP) is 4.37. The van der Waals surface area contributed by atoms with Gasteiger partial charge in [-0.2, -0.15) is 13.2 Å². The summed E-state index contributed by atoms with van der Waals surface area (Å²) in [5, 5.41) is 3.67. The van der Waals surface area contributed by atoms with Crippen molar-refractivity contribution in [3.63, 3.8) is 0 Å². The summed E-state index contributed by atoms with van der Waals surface area (Å²) in [6, 6.07) is 4.79. The average molecular weight is 582 g/mol. The summed E-state index contributed by atoms with van der Waals surface area (Å²) in [6.07, 6.45) is -4.88. The number of anilines is 2. The number of nitrogens with zero attached hydrogens (tertiary/aromatic N) is 3. The number of aromatic nitrogens is 3. The van der Waals surface area contributed by atoms with Crippen LogP contribution in [0.15, 0.2) is 30.6 Å². The van der Waals surface area contributed by atoms with Crippen molar-refractivity contribution < 1.29 is 35.9 Å². The largest absolute Gasteiger partial charge is 0.464 e. The molecule has 0 aromatic carbocycles. The molecular weight excluding hydrogens is 551 g/mol. The van der Waals surface area contributed by atoms with Gasteiger partial charge in [0.25, 0.3) is 0 Å². The molecule has 3 N–H and O–H groups in total. The molecule has 4 rings (SSSR count). The lowest BCUT2D eigenvalue weighted by atomic mass is 9.93. The number of carbonyl (C=O) groups is 1. The lowest BCUT2D eigenvalue weighted by Gasteiger charge is -2.27. The maximum atomic E-state index is 13.7. The van der Waals surface area contributed by atoms with Gasteiger partial charge in [-0.3, -0.25) is 0 Å². The Balaban J connectivity index is 1.73. The van der Waals surface area contributed by atoms with Crippen LogP contribution >= 0.6 is 0 Å². The lowest BCUT2D eigenvalue weighted by Crippen LogP contribution is -2.36. The number of hydrogen-bond donors (Lipinski definition) is 2. The molecule has 0 amide bonds. The first-order chi connectivity index (χ1) is 18.4. The van der Waals surface area contributed by atoms with E-state index in [1.54, 1.807) is 39.0 Å². The fourth-order valence-corrected chi connectivity index (χ4v) is 4.93. The van der Waals surface area contributed by atoms with E-state index in [2.05, 4.69) is 20.3 Å². The molecule has 0 bridgehead atoms. The number of cyclic esters (lactones) is 1. The lowest BCUT2D eigenvalue weighted by molar-refractivity contribution is -0.195. The van der Waals surface area contributed by atoms with E-state index >= 15 is 0 Å². The minimum absolute atomic E-state index is 0.140. The minimum Gasteiger partial charge on any atom is -0.464 e. The smallest absolute Gasteiger partial charge is 0.425 e. The second kappa shape index (κ2) is 10.5. The van der Waals surface area contributed by atoms with E-state index in [4.69, 9.17) is 15.2 Å². The maximum Gasteiger partial charge on any atom is 0.425 e. The number of esters is 1. The van der Waals surface area contributed by atoms with Crippen LogP contribution in [-0.4, -0.2) is 59.7 Å². The molecule has 0 fully saturated rings. The second-order valence-corrected chi connectivity index (χ2v) is 12.8. The zero-order chi connectivity index (χ0) is 29.6. The number of nitrogens with two attached hydrogens (primary N) is 1. The van der Waals surface area contributed by atoms with Gasteiger partial charge < -0.3 is 20.5 Å². The van der Waals surface area contributed by atoms with Crippen LogP contribution in [-0.2, 0) is 20.1 Å². The third-order valence-corrected chi connectivity index (χ3v) is 7.61. The number of ether oxygens (including phenoxy) is 2. The third kappa shape index (κ3) is 6.44. The van der Waals surface area contributed by atoms with Crippen LogP contribution in [0.1, 0.15) is 61.6 Å². The van der Waals surface area contributed by atoms with E-state index in [1.807, 2.05) is 6.92 Å². The first-order valence-corrected chi connectivity index (χ1v) is 14.5. The summed E-state index contributed by atoms with van der Waals surface area (Å²) < 4.78 is 74.7. The molecule has 40 heavy (non-hydrogen) atoms. The molecule has 216 valence electrons. The molecule has 4 heterocycles. The third-order valence-electron chi connectivity index (χ3n) is 6.63.